The van der Waals surface area contributed by atoms with Gasteiger partial charge in [-0.2, -0.15) is 0 Å². The molecule has 2 saturated heterocycles. The number of pyridine rings is 2. The molecule has 160 valence electrons. The molecule has 2 aromatic carbocycles. The molecule has 0 N–H and O–H groups in total. The van der Waals surface area contributed by atoms with Crippen molar-refractivity contribution in [1.29, 1.82) is 0 Å². The Labute approximate surface area is 186 Å². The highest BCUT2D eigenvalue weighted by Gasteiger charge is 2.45. The van der Waals surface area contributed by atoms with E-state index in [9.17, 15) is 4.79 Å². The van der Waals surface area contributed by atoms with E-state index in [0.717, 1.165) is 72.2 Å². The minimum atomic E-state index is 0.122. The number of ether oxygens (including phenoxy) is 1. The molecule has 2 unspecified atom stereocenters. The lowest BCUT2D eigenvalue weighted by Crippen LogP contribution is -2.44. The Hall–Kier alpha value is -3.18. The van der Waals surface area contributed by atoms with Gasteiger partial charge >= 0.3 is 0 Å². The monoisotopic (exact) mass is 423 g/mol. The first-order valence-electron chi connectivity index (χ1n) is 11.5. The van der Waals surface area contributed by atoms with Crippen molar-refractivity contribution in [2.75, 3.05) is 31.2 Å². The summed E-state index contributed by atoms with van der Waals surface area (Å²) < 4.78 is 7.45. The van der Waals surface area contributed by atoms with Gasteiger partial charge in [0.2, 0.25) is 0 Å². The number of fused-ring (bicyclic) bond motifs is 2. The van der Waals surface area contributed by atoms with Crippen LogP contribution < -0.4 is 10.5 Å². The highest BCUT2D eigenvalue weighted by Crippen LogP contribution is 2.50. The second-order valence-corrected chi connectivity index (χ2v) is 9.77. The lowest BCUT2D eigenvalue weighted by atomic mass is 9.85. The summed E-state index contributed by atoms with van der Waals surface area (Å²) in [6.45, 7) is 3.67. The van der Waals surface area contributed by atoms with Crippen LogP contribution in [-0.2, 0) is 4.74 Å². The van der Waals surface area contributed by atoms with E-state index in [1.54, 1.807) is 0 Å². The fraction of sp³-hybridized carbons (Fsp3) is 0.333. The number of anilines is 1. The molecule has 1 spiro atoms. The van der Waals surface area contributed by atoms with Gasteiger partial charge in [-0.15, -0.1) is 0 Å². The minimum absolute atomic E-state index is 0.122. The molecule has 5 heteroatoms. The Morgan fingerprint density at radius 3 is 2.69 bits per heavy atom. The number of hydrogen-bond acceptors (Lipinski definition) is 4. The Balaban J connectivity index is 1.25. The molecule has 0 bridgehead atoms. The normalized spacial score (nSPS) is 23.7. The van der Waals surface area contributed by atoms with Crippen LogP contribution in [0.25, 0.3) is 21.7 Å². The average molecular weight is 424 g/mol. The third-order valence-corrected chi connectivity index (χ3v) is 7.65. The van der Waals surface area contributed by atoms with E-state index in [-0.39, 0.29) is 11.6 Å². The molecule has 32 heavy (non-hydrogen) atoms. The number of aromatic nitrogens is 2. The molecule has 7 rings (SSSR count). The largest absolute Gasteiger partial charge is 0.380 e. The van der Waals surface area contributed by atoms with Crippen LogP contribution in [0.3, 0.4) is 0 Å². The first kappa shape index (κ1) is 18.4. The summed E-state index contributed by atoms with van der Waals surface area (Å²) in [5, 5.41) is 3.03. The summed E-state index contributed by atoms with van der Waals surface area (Å²) >= 11 is 0. The summed E-state index contributed by atoms with van der Waals surface area (Å²) in [6.07, 6.45) is 4.08. The maximum atomic E-state index is 13.7. The predicted octanol–water partition coefficient (Wildman–Crippen LogP) is 4.51. The van der Waals surface area contributed by atoms with Crippen molar-refractivity contribution in [2.45, 2.75) is 24.8 Å². The van der Waals surface area contributed by atoms with E-state index in [1.807, 2.05) is 22.9 Å². The number of benzene rings is 2. The maximum Gasteiger partial charge on any atom is 0.260 e. The zero-order valence-electron chi connectivity index (χ0n) is 17.9. The van der Waals surface area contributed by atoms with Crippen LogP contribution in [0.1, 0.15) is 30.5 Å². The van der Waals surface area contributed by atoms with E-state index < -0.39 is 0 Å². The van der Waals surface area contributed by atoms with Gasteiger partial charge in [-0.05, 0) is 42.5 Å². The third kappa shape index (κ3) is 2.74. The number of nitrogens with zero attached hydrogens (tertiary/aromatic N) is 3. The lowest BCUT2D eigenvalue weighted by Gasteiger charge is -2.38. The van der Waals surface area contributed by atoms with Crippen molar-refractivity contribution in [1.82, 2.24) is 9.55 Å². The van der Waals surface area contributed by atoms with Gasteiger partial charge in [-0.3, -0.25) is 9.78 Å². The topological polar surface area (TPSA) is 47.4 Å². The molecular formula is C27H25N3O2. The highest BCUT2D eigenvalue weighted by atomic mass is 16.5. The number of para-hydroxylation sites is 1. The maximum absolute atomic E-state index is 13.7. The molecule has 0 amide bonds. The van der Waals surface area contributed by atoms with Crippen molar-refractivity contribution < 1.29 is 4.74 Å². The first-order chi connectivity index (χ1) is 15.7. The zero-order chi connectivity index (χ0) is 21.3. The van der Waals surface area contributed by atoms with Crippen molar-refractivity contribution in [2.24, 2.45) is 5.41 Å². The van der Waals surface area contributed by atoms with Gasteiger partial charge in [0.1, 0.15) is 0 Å². The van der Waals surface area contributed by atoms with Gasteiger partial charge in [-0.1, -0.05) is 36.4 Å². The average Bonchev–Trinajstić information content (AvgIpc) is 3.46. The summed E-state index contributed by atoms with van der Waals surface area (Å²) in [6, 6.07) is 21.0. The Kier molecular flexibility index (Phi) is 3.83. The van der Waals surface area contributed by atoms with Crippen LogP contribution in [0.4, 0.5) is 5.69 Å². The van der Waals surface area contributed by atoms with Crippen LogP contribution in [0.2, 0.25) is 0 Å². The molecule has 0 radical (unpaired) electrons. The van der Waals surface area contributed by atoms with Gasteiger partial charge < -0.3 is 14.2 Å². The molecule has 2 aliphatic heterocycles. The molecule has 3 aliphatic rings. The van der Waals surface area contributed by atoms with Gasteiger partial charge in [0.15, 0.2) is 0 Å². The van der Waals surface area contributed by atoms with E-state index in [4.69, 9.17) is 9.72 Å². The van der Waals surface area contributed by atoms with Crippen molar-refractivity contribution in [3.05, 3.63) is 82.9 Å². The Bertz CT molecular complexity index is 1420. The van der Waals surface area contributed by atoms with Crippen molar-refractivity contribution in [3.8, 4) is 0 Å². The standard InChI is InChI=1S/C27H25N3O2/c31-26-25-19(5-3-7-23(25)29-13-11-27(15-29)16-32-17-27)10-12-30(26)24-14-20(24)22-9-8-18-4-1-2-6-21(18)28-22/h1-10,12,20,24H,11,13-17H2. The van der Waals surface area contributed by atoms with Crippen LogP contribution in [0, 0.1) is 5.41 Å². The van der Waals surface area contributed by atoms with Crippen LogP contribution in [-0.4, -0.2) is 35.9 Å². The smallest absolute Gasteiger partial charge is 0.260 e. The second-order valence-electron chi connectivity index (χ2n) is 9.77. The van der Waals surface area contributed by atoms with Crippen LogP contribution in [0.15, 0.2) is 71.7 Å². The van der Waals surface area contributed by atoms with Crippen LogP contribution in [0.5, 0.6) is 0 Å². The van der Waals surface area contributed by atoms with Gasteiger partial charge in [0.25, 0.3) is 5.56 Å². The predicted molar refractivity (Wildman–Crippen MR) is 126 cm³/mol. The SMILES string of the molecule is O=c1c2c(N3CCC4(COC4)C3)cccc2ccn1C1CC1c1ccc2ccccc2n1. The molecule has 3 fully saturated rings. The molecule has 5 nitrogen and oxygen atoms in total. The second kappa shape index (κ2) is 6.66. The van der Waals surface area contributed by atoms with E-state index in [0.29, 0.717) is 11.3 Å². The van der Waals surface area contributed by atoms with Crippen molar-refractivity contribution in [3.63, 3.8) is 0 Å². The molecule has 1 aliphatic carbocycles. The molecule has 2 atom stereocenters. The summed E-state index contributed by atoms with van der Waals surface area (Å²) in [5.41, 5.74) is 3.59. The number of rotatable bonds is 3. The fourth-order valence-electron chi connectivity index (χ4n) is 5.67. The van der Waals surface area contributed by atoms with Crippen molar-refractivity contribution >= 4 is 27.4 Å². The summed E-state index contributed by atoms with van der Waals surface area (Å²) in [5.74, 6) is 0.295. The zero-order valence-corrected chi connectivity index (χ0v) is 17.9. The molecular weight excluding hydrogens is 398 g/mol. The molecule has 4 aromatic rings. The lowest BCUT2D eigenvalue weighted by molar-refractivity contribution is -0.0985. The molecule has 2 aromatic heterocycles. The number of hydrogen-bond donors (Lipinski definition) is 0. The highest BCUT2D eigenvalue weighted by molar-refractivity contribution is 5.93. The Morgan fingerprint density at radius 2 is 1.84 bits per heavy atom. The van der Waals surface area contributed by atoms with E-state index in [1.165, 1.54) is 0 Å². The first-order valence-corrected chi connectivity index (χ1v) is 11.5. The van der Waals surface area contributed by atoms with E-state index >= 15 is 0 Å². The van der Waals surface area contributed by atoms with Crippen LogP contribution >= 0.6 is 0 Å². The van der Waals surface area contributed by atoms with Gasteiger partial charge in [0, 0.05) is 47.7 Å². The quantitative estimate of drug-likeness (QED) is 0.487. The van der Waals surface area contributed by atoms with Gasteiger partial charge in [0.05, 0.1) is 29.8 Å². The fourth-order valence-corrected chi connectivity index (χ4v) is 5.67. The summed E-state index contributed by atoms with van der Waals surface area (Å²) in [4.78, 5) is 21.0. The van der Waals surface area contributed by atoms with Gasteiger partial charge in [-0.25, -0.2) is 0 Å². The van der Waals surface area contributed by atoms with E-state index in [2.05, 4.69) is 53.4 Å². The minimum Gasteiger partial charge on any atom is -0.380 e. The molecule has 1 saturated carbocycles. The summed E-state index contributed by atoms with van der Waals surface area (Å²) in [7, 11) is 0. The molecule has 4 heterocycles. The third-order valence-electron chi connectivity index (χ3n) is 7.65. The Morgan fingerprint density at radius 1 is 0.969 bits per heavy atom.